The van der Waals surface area contributed by atoms with Gasteiger partial charge in [0, 0.05) is 37.4 Å². The maximum atomic E-state index is 13.1. The number of aryl methyl sites for hydroxylation is 1. The molecule has 1 N–H and O–H groups in total. The fourth-order valence-electron chi connectivity index (χ4n) is 4.24. The van der Waals surface area contributed by atoms with Gasteiger partial charge in [0.2, 0.25) is 0 Å². The molecule has 1 saturated heterocycles. The van der Waals surface area contributed by atoms with E-state index in [4.69, 9.17) is 16.7 Å². The predicted molar refractivity (Wildman–Crippen MR) is 125 cm³/mol. The molecule has 0 saturated carbocycles. The molecule has 1 aliphatic rings. The van der Waals surface area contributed by atoms with Crippen LogP contribution in [0.3, 0.4) is 0 Å². The first-order valence-electron chi connectivity index (χ1n) is 11.0. The second kappa shape index (κ2) is 9.71. The van der Waals surface area contributed by atoms with Crippen LogP contribution in [0.15, 0.2) is 48.7 Å². The highest BCUT2D eigenvalue weighted by atomic mass is 35.5. The van der Waals surface area contributed by atoms with Crippen LogP contribution in [0.25, 0.3) is 17.1 Å². The maximum absolute atomic E-state index is 13.1. The molecule has 1 unspecified atom stereocenters. The third-order valence-corrected chi connectivity index (χ3v) is 6.32. The normalized spacial score (nSPS) is 17.1. The van der Waals surface area contributed by atoms with Crippen molar-refractivity contribution in [2.75, 3.05) is 19.6 Å². The van der Waals surface area contributed by atoms with E-state index in [1.54, 1.807) is 4.68 Å². The monoisotopic (exact) mass is 439 g/mol. The molecule has 1 aliphatic heterocycles. The number of likely N-dealkylation sites (tertiary alicyclic amines) is 1. The zero-order chi connectivity index (χ0) is 21.8. The lowest BCUT2D eigenvalue weighted by Crippen LogP contribution is -2.39. The first kappa shape index (κ1) is 21.7. The van der Waals surface area contributed by atoms with Crippen LogP contribution in [0.1, 0.15) is 43.1 Å². The molecular weight excluding hydrogens is 410 g/mol. The van der Waals surface area contributed by atoms with Crippen LogP contribution in [0.4, 0.5) is 0 Å². The highest BCUT2D eigenvalue weighted by molar-refractivity contribution is 6.30. The van der Waals surface area contributed by atoms with Gasteiger partial charge in [-0.05, 0) is 75.2 Å². The average Bonchev–Trinajstić information content (AvgIpc) is 3.39. The smallest absolute Gasteiger partial charge is 0.270 e. The van der Waals surface area contributed by atoms with Gasteiger partial charge in [-0.2, -0.15) is 5.10 Å². The Labute approximate surface area is 188 Å². The van der Waals surface area contributed by atoms with Gasteiger partial charge in [0.25, 0.3) is 5.91 Å². The highest BCUT2D eigenvalue weighted by Gasteiger charge is 2.20. The molecule has 1 fully saturated rings. The van der Waals surface area contributed by atoms with Crippen molar-refractivity contribution in [1.82, 2.24) is 24.6 Å². The first-order valence-corrected chi connectivity index (χ1v) is 11.4. The maximum Gasteiger partial charge on any atom is 0.270 e. The zero-order valence-corrected chi connectivity index (χ0v) is 19.0. The van der Waals surface area contributed by atoms with Gasteiger partial charge in [-0.15, -0.1) is 0 Å². The summed E-state index contributed by atoms with van der Waals surface area (Å²) in [6, 6.07) is 13.8. The van der Waals surface area contributed by atoms with Crippen molar-refractivity contribution in [3.8, 4) is 17.1 Å². The van der Waals surface area contributed by atoms with E-state index >= 15 is 0 Å². The molecule has 3 aromatic rings. The molecule has 0 aliphatic carbocycles. The Morgan fingerprint density at radius 3 is 2.74 bits per heavy atom. The Balaban J connectivity index is 1.49. The molecule has 7 heteroatoms. The van der Waals surface area contributed by atoms with Gasteiger partial charge in [-0.25, -0.2) is 4.68 Å². The summed E-state index contributed by atoms with van der Waals surface area (Å²) in [7, 11) is 1.97. The molecular formula is C24H30ClN5O. The summed E-state index contributed by atoms with van der Waals surface area (Å²) >= 11 is 6.05. The van der Waals surface area contributed by atoms with E-state index in [9.17, 15) is 4.79 Å². The summed E-state index contributed by atoms with van der Waals surface area (Å²) in [5.41, 5.74) is 3.04. The SMILES string of the molecule is CC1CCCCN1CCCNC(=O)c1cc(-c2cccn2C)nn1-c1ccc(Cl)cc1. The summed E-state index contributed by atoms with van der Waals surface area (Å²) in [6.07, 6.45) is 6.79. The first-order chi connectivity index (χ1) is 15.0. The molecule has 6 nitrogen and oxygen atoms in total. The van der Waals surface area contributed by atoms with Crippen molar-refractivity contribution < 1.29 is 4.79 Å². The number of rotatable bonds is 7. The van der Waals surface area contributed by atoms with Gasteiger partial charge in [0.05, 0.1) is 11.4 Å². The molecule has 2 aromatic heterocycles. The van der Waals surface area contributed by atoms with Crippen molar-refractivity contribution in [3.63, 3.8) is 0 Å². The molecule has 4 rings (SSSR count). The molecule has 0 radical (unpaired) electrons. The fourth-order valence-corrected chi connectivity index (χ4v) is 4.36. The number of hydrogen-bond acceptors (Lipinski definition) is 3. The number of nitrogens with one attached hydrogen (secondary N) is 1. The molecule has 1 aromatic carbocycles. The minimum atomic E-state index is -0.116. The van der Waals surface area contributed by atoms with Crippen LogP contribution >= 0.6 is 11.6 Å². The summed E-state index contributed by atoms with van der Waals surface area (Å²) in [5.74, 6) is -0.116. The molecule has 31 heavy (non-hydrogen) atoms. The topological polar surface area (TPSA) is 55.1 Å². The number of piperidine rings is 1. The van der Waals surface area contributed by atoms with Crippen molar-refractivity contribution in [2.45, 2.75) is 38.6 Å². The van der Waals surface area contributed by atoms with E-state index in [-0.39, 0.29) is 5.91 Å². The minimum absolute atomic E-state index is 0.116. The molecule has 164 valence electrons. The number of carbonyl (C=O) groups is 1. The summed E-state index contributed by atoms with van der Waals surface area (Å²) in [5, 5.41) is 8.47. The van der Waals surface area contributed by atoms with Gasteiger partial charge in [-0.3, -0.25) is 4.79 Å². The van der Waals surface area contributed by atoms with E-state index in [1.165, 1.54) is 25.8 Å². The van der Waals surface area contributed by atoms with Crippen LogP contribution in [0.2, 0.25) is 5.02 Å². The Bertz CT molecular complexity index is 1020. The average molecular weight is 440 g/mol. The number of hydrogen-bond donors (Lipinski definition) is 1. The number of halogens is 1. The van der Waals surface area contributed by atoms with Gasteiger partial charge in [-0.1, -0.05) is 18.0 Å². The fraction of sp³-hybridized carbons (Fsp3) is 0.417. The minimum Gasteiger partial charge on any atom is -0.351 e. The Morgan fingerprint density at radius 2 is 2.03 bits per heavy atom. The number of amides is 1. The molecule has 1 atom stereocenters. The Hall–Kier alpha value is -2.57. The largest absolute Gasteiger partial charge is 0.351 e. The molecule has 0 bridgehead atoms. The third kappa shape index (κ3) is 5.02. The zero-order valence-electron chi connectivity index (χ0n) is 18.2. The Morgan fingerprint density at radius 1 is 1.23 bits per heavy atom. The lowest BCUT2D eigenvalue weighted by Gasteiger charge is -2.33. The van der Waals surface area contributed by atoms with E-state index in [0.29, 0.717) is 23.3 Å². The second-order valence-electron chi connectivity index (χ2n) is 8.30. The van der Waals surface area contributed by atoms with E-state index in [2.05, 4.69) is 17.1 Å². The van der Waals surface area contributed by atoms with Gasteiger partial charge in [0.1, 0.15) is 11.4 Å². The highest BCUT2D eigenvalue weighted by Crippen LogP contribution is 2.23. The number of aromatic nitrogens is 3. The van der Waals surface area contributed by atoms with Crippen molar-refractivity contribution >= 4 is 17.5 Å². The van der Waals surface area contributed by atoms with E-state index in [0.717, 1.165) is 30.0 Å². The summed E-state index contributed by atoms with van der Waals surface area (Å²) in [4.78, 5) is 15.6. The van der Waals surface area contributed by atoms with Crippen LogP contribution in [-0.2, 0) is 7.05 Å². The molecule has 3 heterocycles. The van der Waals surface area contributed by atoms with Crippen molar-refractivity contribution in [3.05, 3.63) is 59.4 Å². The van der Waals surface area contributed by atoms with E-state index < -0.39 is 0 Å². The quantitative estimate of drug-likeness (QED) is 0.550. The van der Waals surface area contributed by atoms with Crippen molar-refractivity contribution in [2.24, 2.45) is 7.05 Å². The lowest BCUT2D eigenvalue weighted by molar-refractivity contribution is 0.0941. The number of carbonyl (C=O) groups excluding carboxylic acids is 1. The number of benzene rings is 1. The molecule has 0 spiro atoms. The van der Waals surface area contributed by atoms with Crippen LogP contribution in [-0.4, -0.2) is 50.8 Å². The van der Waals surface area contributed by atoms with E-state index in [1.807, 2.05) is 60.3 Å². The summed E-state index contributed by atoms with van der Waals surface area (Å²) in [6.45, 7) is 5.13. The van der Waals surface area contributed by atoms with Crippen LogP contribution in [0.5, 0.6) is 0 Å². The Kier molecular flexibility index (Phi) is 6.78. The van der Waals surface area contributed by atoms with Gasteiger partial charge in [0.15, 0.2) is 0 Å². The second-order valence-corrected chi connectivity index (χ2v) is 8.73. The predicted octanol–water partition coefficient (Wildman–Crippen LogP) is 4.53. The summed E-state index contributed by atoms with van der Waals surface area (Å²) < 4.78 is 3.69. The number of nitrogens with zero attached hydrogens (tertiary/aromatic N) is 4. The third-order valence-electron chi connectivity index (χ3n) is 6.07. The van der Waals surface area contributed by atoms with Gasteiger partial charge >= 0.3 is 0 Å². The van der Waals surface area contributed by atoms with Crippen molar-refractivity contribution in [1.29, 1.82) is 0 Å². The standard InChI is InChI=1S/C24H30ClN5O/c1-18-7-3-4-15-29(18)16-6-13-26-24(31)23-17-21(22-8-5-14-28(22)2)27-30(23)20-11-9-19(25)10-12-20/h5,8-12,14,17-18H,3-4,6-7,13,15-16H2,1-2H3,(H,26,31). The molecule has 1 amide bonds. The van der Waals surface area contributed by atoms with Crippen LogP contribution < -0.4 is 5.32 Å². The van der Waals surface area contributed by atoms with Gasteiger partial charge < -0.3 is 14.8 Å². The lowest BCUT2D eigenvalue weighted by atomic mass is 10.0. The van der Waals surface area contributed by atoms with Crippen LogP contribution in [0, 0.1) is 0 Å².